The summed E-state index contributed by atoms with van der Waals surface area (Å²) in [5.41, 5.74) is 34.3. The first-order chi connectivity index (χ1) is 27.1. The second-order valence-electron chi connectivity index (χ2n) is 15.7. The topological polar surface area (TPSA) is 61.9 Å². The number of rotatable bonds is 6. The number of allylic oxidation sites excluding steroid dienone is 6. The van der Waals surface area contributed by atoms with Gasteiger partial charge in [-0.15, -0.1) is 0 Å². The molecule has 1 aliphatic carbocycles. The Kier molecular flexibility index (Phi) is 8.58. The molecule has 0 atom stereocenters. The summed E-state index contributed by atoms with van der Waals surface area (Å²) in [5, 5.41) is 5.01. The predicted octanol–water partition coefficient (Wildman–Crippen LogP) is 12.9. The Bertz CT molecular complexity index is 3010. The van der Waals surface area contributed by atoms with E-state index in [0.29, 0.717) is 0 Å². The molecule has 1 aliphatic rings. The highest BCUT2D eigenvalue weighted by Crippen LogP contribution is 2.45. The fourth-order valence-electron chi connectivity index (χ4n) is 9.35. The summed E-state index contributed by atoms with van der Waals surface area (Å²) in [6, 6.07) is 37.2. The summed E-state index contributed by atoms with van der Waals surface area (Å²) < 4.78 is 4.73. The molecule has 0 unspecified atom stereocenters. The van der Waals surface area contributed by atoms with E-state index in [1.165, 1.54) is 99.3 Å². The molecule has 56 heavy (non-hydrogen) atoms. The van der Waals surface area contributed by atoms with E-state index in [-0.39, 0.29) is 0 Å². The zero-order chi connectivity index (χ0) is 38.8. The maximum atomic E-state index is 6.39. The quantitative estimate of drug-likeness (QED) is 0.167. The van der Waals surface area contributed by atoms with Gasteiger partial charge in [0.1, 0.15) is 0 Å². The van der Waals surface area contributed by atoms with Gasteiger partial charge in [0.15, 0.2) is 0 Å². The molecule has 2 heterocycles. The average Bonchev–Trinajstić information content (AvgIpc) is 3.67. The molecule has 0 saturated carbocycles. The fraction of sp³-hybridized carbons (Fsp3) is 0.154. The first-order valence-electron chi connectivity index (χ1n) is 19.7. The van der Waals surface area contributed by atoms with Gasteiger partial charge < -0.3 is 20.6 Å². The van der Waals surface area contributed by atoms with Crippen molar-refractivity contribution in [3.05, 3.63) is 167 Å². The van der Waals surface area contributed by atoms with Crippen molar-refractivity contribution in [2.24, 2.45) is 11.5 Å². The normalized spacial score (nSPS) is 13.6. The van der Waals surface area contributed by atoms with Crippen LogP contribution in [-0.4, -0.2) is 9.13 Å². The molecule has 276 valence electrons. The highest BCUT2D eigenvalue weighted by Gasteiger charge is 2.24. The minimum Gasteiger partial charge on any atom is -0.405 e. The summed E-state index contributed by atoms with van der Waals surface area (Å²) in [5.74, 6) is 0. The summed E-state index contributed by atoms with van der Waals surface area (Å²) in [6.45, 7) is 12.9. The van der Waals surface area contributed by atoms with Gasteiger partial charge in [0, 0.05) is 33.4 Å². The van der Waals surface area contributed by atoms with Crippen LogP contribution in [0.15, 0.2) is 134 Å². The lowest BCUT2D eigenvalue weighted by Gasteiger charge is -2.21. The maximum Gasteiger partial charge on any atom is 0.0613 e. The molecule has 0 bridgehead atoms. The number of benzene rings is 6. The molecule has 6 aromatic carbocycles. The lowest BCUT2D eigenvalue weighted by Crippen LogP contribution is -2.05. The minimum absolute atomic E-state index is 0.950. The highest BCUT2D eigenvalue weighted by molar-refractivity contribution is 6.15. The molecule has 0 aliphatic heterocycles. The SMILES string of the molecule is C/C=C\C(=C/N)n1c2ccc(-c3cc(C)cc(C)c3)cc2c2cc3c(cc21)-c1cc2c(cc1CC3)c1cc(-c3cc(C)cc(C)c3)ccc1n2/C(C)=C/C=C\N. The van der Waals surface area contributed by atoms with Crippen molar-refractivity contribution in [2.75, 3.05) is 0 Å². The van der Waals surface area contributed by atoms with Crippen LogP contribution in [0.25, 0.3) is 88.4 Å². The van der Waals surface area contributed by atoms with Crippen molar-refractivity contribution in [1.29, 1.82) is 0 Å². The number of nitrogens with zero attached hydrogens (tertiary/aromatic N) is 2. The standard InChI is InChI=1S/C52H48N4/c1-7-9-42(30-54)56-50-16-14-37(41-22-33(4)19-34(5)23-41)25-46(50)48-27-39-12-11-38-26-47-45-24-36(40-20-31(2)18-32(3)21-40)13-15-49(45)55(35(6)10-8-17-53)51(47)28-43(38)44(39)29-52(48)56/h7-10,13-30H,11-12,53-54H2,1-6H3/b9-7-,17-8-,35-10+,42-30+. The van der Waals surface area contributed by atoms with E-state index in [2.05, 4.69) is 159 Å². The molecule has 4 nitrogen and oxygen atoms in total. The number of hydrogen-bond acceptors (Lipinski definition) is 2. The molecule has 4 heteroatoms. The van der Waals surface area contributed by atoms with Crippen LogP contribution in [-0.2, 0) is 12.8 Å². The first-order valence-corrected chi connectivity index (χ1v) is 19.7. The van der Waals surface area contributed by atoms with E-state index in [9.17, 15) is 0 Å². The van der Waals surface area contributed by atoms with Gasteiger partial charge in [-0.05, 0) is 172 Å². The van der Waals surface area contributed by atoms with Crippen LogP contribution in [0.4, 0.5) is 0 Å². The van der Waals surface area contributed by atoms with E-state index in [1.54, 1.807) is 12.4 Å². The molecule has 2 aromatic heterocycles. The zero-order valence-electron chi connectivity index (χ0n) is 33.2. The molecule has 0 radical (unpaired) electrons. The Balaban J connectivity index is 1.30. The molecule has 0 fully saturated rings. The van der Waals surface area contributed by atoms with Gasteiger partial charge in [-0.3, -0.25) is 0 Å². The largest absolute Gasteiger partial charge is 0.405 e. The Morgan fingerprint density at radius 3 is 1.46 bits per heavy atom. The average molecular weight is 729 g/mol. The van der Waals surface area contributed by atoms with Crippen molar-refractivity contribution in [3.8, 4) is 33.4 Å². The molecule has 8 aromatic rings. The van der Waals surface area contributed by atoms with E-state index in [0.717, 1.165) is 35.3 Å². The van der Waals surface area contributed by atoms with Gasteiger partial charge in [-0.2, -0.15) is 0 Å². The highest BCUT2D eigenvalue weighted by atomic mass is 15.0. The van der Waals surface area contributed by atoms with E-state index >= 15 is 0 Å². The van der Waals surface area contributed by atoms with Gasteiger partial charge in [0.25, 0.3) is 0 Å². The second kappa shape index (κ2) is 13.6. The number of aromatic nitrogens is 2. The summed E-state index contributed by atoms with van der Waals surface area (Å²) in [6.07, 6.45) is 13.5. The van der Waals surface area contributed by atoms with Crippen molar-refractivity contribution < 1.29 is 0 Å². The van der Waals surface area contributed by atoms with Crippen LogP contribution in [0.1, 0.15) is 47.2 Å². The first kappa shape index (κ1) is 35.2. The molecule has 0 spiro atoms. The number of nitrogens with two attached hydrogens (primary N) is 2. The van der Waals surface area contributed by atoms with E-state index in [4.69, 9.17) is 11.5 Å². The third-order valence-corrected chi connectivity index (χ3v) is 11.6. The molecular weight excluding hydrogens is 681 g/mol. The number of aryl methyl sites for hydroxylation is 6. The molecular formula is C52H48N4. The van der Waals surface area contributed by atoms with E-state index in [1.807, 2.05) is 13.0 Å². The Morgan fingerprint density at radius 1 is 0.536 bits per heavy atom. The van der Waals surface area contributed by atoms with Crippen LogP contribution >= 0.6 is 0 Å². The smallest absolute Gasteiger partial charge is 0.0613 e. The van der Waals surface area contributed by atoms with Crippen molar-refractivity contribution in [1.82, 2.24) is 9.13 Å². The molecule has 4 N–H and O–H groups in total. The lowest BCUT2D eigenvalue weighted by molar-refractivity contribution is 0.946. The predicted molar refractivity (Wildman–Crippen MR) is 242 cm³/mol. The monoisotopic (exact) mass is 728 g/mol. The molecule has 0 saturated heterocycles. The van der Waals surface area contributed by atoms with Crippen LogP contribution < -0.4 is 11.5 Å². The Hall–Kier alpha value is -6.52. The van der Waals surface area contributed by atoms with Gasteiger partial charge in [0.2, 0.25) is 0 Å². The summed E-state index contributed by atoms with van der Waals surface area (Å²) >= 11 is 0. The minimum atomic E-state index is 0.950. The van der Waals surface area contributed by atoms with Gasteiger partial charge in [0.05, 0.1) is 27.8 Å². The van der Waals surface area contributed by atoms with Crippen LogP contribution in [0, 0.1) is 27.7 Å². The molecule has 9 rings (SSSR count). The van der Waals surface area contributed by atoms with Crippen LogP contribution in [0.3, 0.4) is 0 Å². The third-order valence-electron chi connectivity index (χ3n) is 11.6. The molecule has 0 amide bonds. The Labute approximate surface area is 329 Å². The van der Waals surface area contributed by atoms with E-state index < -0.39 is 0 Å². The number of hydrogen-bond donors (Lipinski definition) is 2. The van der Waals surface area contributed by atoms with Gasteiger partial charge >= 0.3 is 0 Å². The van der Waals surface area contributed by atoms with Gasteiger partial charge in [-0.1, -0.05) is 76.9 Å². The summed E-state index contributed by atoms with van der Waals surface area (Å²) in [4.78, 5) is 0. The van der Waals surface area contributed by atoms with Crippen molar-refractivity contribution in [2.45, 2.75) is 54.4 Å². The third kappa shape index (κ3) is 5.76. The number of fused-ring (bicyclic) bond motifs is 9. The second-order valence-corrected chi connectivity index (χ2v) is 15.7. The fourth-order valence-corrected chi connectivity index (χ4v) is 9.35. The summed E-state index contributed by atoms with van der Waals surface area (Å²) in [7, 11) is 0. The Morgan fingerprint density at radius 2 is 1.00 bits per heavy atom. The van der Waals surface area contributed by atoms with Gasteiger partial charge in [-0.25, -0.2) is 0 Å². The van der Waals surface area contributed by atoms with Crippen LogP contribution in [0.2, 0.25) is 0 Å². The maximum absolute atomic E-state index is 6.39. The van der Waals surface area contributed by atoms with Crippen LogP contribution in [0.5, 0.6) is 0 Å². The van der Waals surface area contributed by atoms with Crippen molar-refractivity contribution >= 4 is 55.0 Å². The lowest BCUT2D eigenvalue weighted by atomic mass is 9.84. The zero-order valence-corrected chi connectivity index (χ0v) is 33.2. The van der Waals surface area contributed by atoms with Crippen molar-refractivity contribution in [3.63, 3.8) is 0 Å².